The molecule has 0 unspecified atom stereocenters. The van der Waals surface area contributed by atoms with Gasteiger partial charge >= 0.3 is 0 Å². The first-order valence-corrected chi connectivity index (χ1v) is 10.8. The van der Waals surface area contributed by atoms with E-state index < -0.39 is 0 Å². The van der Waals surface area contributed by atoms with Crippen LogP contribution in [0.4, 0.5) is 5.69 Å². The Morgan fingerprint density at radius 2 is 1.97 bits per heavy atom. The van der Waals surface area contributed by atoms with E-state index in [1.165, 1.54) is 38.6 Å². The summed E-state index contributed by atoms with van der Waals surface area (Å²) in [5.41, 5.74) is 6.34. The molecule has 0 saturated carbocycles. The minimum atomic E-state index is 0.107. The third-order valence-electron chi connectivity index (χ3n) is 6.66. The molecule has 1 fully saturated rings. The summed E-state index contributed by atoms with van der Waals surface area (Å²) in [6.07, 6.45) is 1.16. The summed E-state index contributed by atoms with van der Waals surface area (Å²) in [5, 5.41) is 7.29. The second-order valence-corrected chi connectivity index (χ2v) is 8.54. The zero-order valence-corrected chi connectivity index (χ0v) is 17.1. The van der Waals surface area contributed by atoms with E-state index >= 15 is 0 Å². The maximum Gasteiger partial charge on any atom is 0.0903 e. The number of anilines is 1. The summed E-state index contributed by atoms with van der Waals surface area (Å²) in [7, 11) is 0. The first-order chi connectivity index (χ1) is 14.3. The lowest BCUT2D eigenvalue weighted by Gasteiger charge is -2.37. The minimum absolute atomic E-state index is 0.107. The molecule has 3 heterocycles. The van der Waals surface area contributed by atoms with Gasteiger partial charge in [-0.25, -0.2) is 0 Å². The fraction of sp³-hybridized carbons (Fsp3) is 0.280. The predicted molar refractivity (Wildman–Crippen MR) is 120 cm³/mol. The summed E-state index contributed by atoms with van der Waals surface area (Å²) in [6.45, 7) is 3.97. The largest absolute Gasteiger partial charge is 0.378 e. The van der Waals surface area contributed by atoms with Crippen molar-refractivity contribution in [3.05, 3.63) is 76.8 Å². The zero-order chi connectivity index (χ0) is 19.5. The molecule has 0 amide bonds. The van der Waals surface area contributed by atoms with Crippen LogP contribution < -0.4 is 5.32 Å². The van der Waals surface area contributed by atoms with Gasteiger partial charge in [0, 0.05) is 57.1 Å². The number of nitrogens with one attached hydrogen (secondary N) is 1. The van der Waals surface area contributed by atoms with E-state index in [1.807, 2.05) is 12.1 Å². The fourth-order valence-corrected chi connectivity index (χ4v) is 5.68. The van der Waals surface area contributed by atoms with Gasteiger partial charge in [-0.15, -0.1) is 0 Å². The van der Waals surface area contributed by atoms with Crippen LogP contribution in [-0.4, -0.2) is 11.2 Å². The maximum absolute atomic E-state index is 6.38. The molecule has 0 spiro atoms. The monoisotopic (exact) mass is 402 g/mol. The topological polar surface area (TPSA) is 26.2 Å². The number of hydrogen-bond donors (Lipinski definition) is 1. The molecule has 6 rings (SSSR count). The van der Waals surface area contributed by atoms with Crippen molar-refractivity contribution >= 4 is 39.1 Å². The number of nitrogens with zero attached hydrogens (tertiary/aromatic N) is 1. The van der Waals surface area contributed by atoms with Crippen molar-refractivity contribution in [2.75, 3.05) is 11.9 Å². The Balaban J connectivity index is 1.61. The second-order valence-electron chi connectivity index (χ2n) is 8.10. The minimum Gasteiger partial charge on any atom is -0.378 e. The Morgan fingerprint density at radius 1 is 1.07 bits per heavy atom. The van der Waals surface area contributed by atoms with Crippen LogP contribution in [0.2, 0.25) is 5.02 Å². The number of benzene rings is 3. The van der Waals surface area contributed by atoms with Crippen LogP contribution in [0.15, 0.2) is 60.7 Å². The third-order valence-corrected chi connectivity index (χ3v) is 6.90. The predicted octanol–water partition coefficient (Wildman–Crippen LogP) is 6.71. The number of ether oxygens (including phenoxy) is 1. The van der Waals surface area contributed by atoms with Gasteiger partial charge in [-0.2, -0.15) is 0 Å². The Bertz CT molecular complexity index is 1240. The molecule has 1 N–H and O–H groups in total. The first kappa shape index (κ1) is 17.4. The summed E-state index contributed by atoms with van der Waals surface area (Å²) < 4.78 is 8.80. The van der Waals surface area contributed by atoms with Gasteiger partial charge in [0.25, 0.3) is 0 Å². The Kier molecular flexibility index (Phi) is 3.90. The molecule has 4 aromatic rings. The van der Waals surface area contributed by atoms with Crippen molar-refractivity contribution in [2.24, 2.45) is 5.92 Å². The average molecular weight is 403 g/mol. The van der Waals surface area contributed by atoms with Crippen LogP contribution in [0.25, 0.3) is 21.8 Å². The van der Waals surface area contributed by atoms with Crippen LogP contribution in [0.3, 0.4) is 0 Å². The molecule has 3 atom stereocenters. The van der Waals surface area contributed by atoms with Crippen molar-refractivity contribution in [3.63, 3.8) is 0 Å². The van der Waals surface area contributed by atoms with E-state index in [0.717, 1.165) is 24.6 Å². The van der Waals surface area contributed by atoms with Gasteiger partial charge in [0.15, 0.2) is 0 Å². The van der Waals surface area contributed by atoms with E-state index in [1.54, 1.807) is 0 Å². The van der Waals surface area contributed by atoms with Crippen LogP contribution in [-0.2, 0) is 11.3 Å². The molecule has 29 heavy (non-hydrogen) atoms. The lowest BCUT2D eigenvalue weighted by molar-refractivity contribution is 0.0842. The van der Waals surface area contributed by atoms with Gasteiger partial charge in [-0.05, 0) is 49.2 Å². The van der Waals surface area contributed by atoms with E-state index in [4.69, 9.17) is 16.3 Å². The van der Waals surface area contributed by atoms with Crippen LogP contribution in [0, 0.1) is 5.92 Å². The normalized spacial score (nSPS) is 23.2. The third kappa shape index (κ3) is 2.47. The van der Waals surface area contributed by atoms with E-state index in [2.05, 4.69) is 65.3 Å². The first-order valence-electron chi connectivity index (χ1n) is 10.4. The van der Waals surface area contributed by atoms with Crippen LogP contribution in [0.5, 0.6) is 0 Å². The van der Waals surface area contributed by atoms with Crippen molar-refractivity contribution < 1.29 is 4.74 Å². The maximum atomic E-state index is 6.38. The number of para-hydroxylation sites is 1. The molecule has 146 valence electrons. The fourth-order valence-electron chi connectivity index (χ4n) is 5.48. The summed E-state index contributed by atoms with van der Waals surface area (Å²) in [4.78, 5) is 0. The highest BCUT2D eigenvalue weighted by Gasteiger charge is 2.42. The van der Waals surface area contributed by atoms with Gasteiger partial charge in [0.05, 0.1) is 12.1 Å². The van der Waals surface area contributed by atoms with Gasteiger partial charge in [0.1, 0.15) is 0 Å². The SMILES string of the molecule is CCn1c2ccccc2c2c3c(ccc21)N[C@@H](c1cccc(Cl)c1)[C@@H]1CCO[C@H]31. The highest BCUT2D eigenvalue weighted by Crippen LogP contribution is 2.53. The van der Waals surface area contributed by atoms with Gasteiger partial charge in [0.2, 0.25) is 0 Å². The summed E-state index contributed by atoms with van der Waals surface area (Å²) >= 11 is 6.31. The number of rotatable bonds is 2. The van der Waals surface area contributed by atoms with Gasteiger partial charge in [-0.1, -0.05) is 41.9 Å². The molecule has 3 aromatic carbocycles. The molecule has 0 aliphatic carbocycles. The van der Waals surface area contributed by atoms with Crippen LogP contribution in [0.1, 0.15) is 36.6 Å². The second kappa shape index (κ2) is 6.51. The highest BCUT2D eigenvalue weighted by molar-refractivity contribution is 6.30. The molecular weight excluding hydrogens is 380 g/mol. The van der Waals surface area contributed by atoms with Crippen molar-refractivity contribution in [3.8, 4) is 0 Å². The molecule has 0 radical (unpaired) electrons. The molecular formula is C25H23ClN2O. The molecule has 2 aliphatic heterocycles. The molecule has 2 aliphatic rings. The molecule has 1 saturated heterocycles. The number of halogens is 1. The van der Waals surface area contributed by atoms with Gasteiger partial charge < -0.3 is 14.6 Å². The molecule has 1 aromatic heterocycles. The molecule has 0 bridgehead atoms. The highest BCUT2D eigenvalue weighted by atomic mass is 35.5. The van der Waals surface area contributed by atoms with E-state index in [0.29, 0.717) is 5.92 Å². The van der Waals surface area contributed by atoms with E-state index in [9.17, 15) is 0 Å². The quantitative estimate of drug-likeness (QED) is 0.403. The van der Waals surface area contributed by atoms with Crippen molar-refractivity contribution in [2.45, 2.75) is 32.0 Å². The average Bonchev–Trinajstić information content (AvgIpc) is 3.35. The van der Waals surface area contributed by atoms with E-state index in [-0.39, 0.29) is 12.1 Å². The summed E-state index contributed by atoms with van der Waals surface area (Å²) in [5.74, 6) is 0.398. The van der Waals surface area contributed by atoms with Crippen molar-refractivity contribution in [1.82, 2.24) is 4.57 Å². The molecule has 3 nitrogen and oxygen atoms in total. The Hall–Kier alpha value is -2.49. The van der Waals surface area contributed by atoms with Crippen LogP contribution >= 0.6 is 11.6 Å². The summed E-state index contributed by atoms with van der Waals surface area (Å²) in [6, 6.07) is 21.7. The standard InChI is InChI=1S/C25H23ClN2O/c1-2-28-20-9-4-3-8-17(20)22-21(28)11-10-19-23(22)25-18(12-13-29-25)24(27-19)15-6-5-7-16(26)14-15/h3-11,14,18,24-25,27H,2,12-13H2,1H3/t18-,24-,25-/m0/s1. The zero-order valence-electron chi connectivity index (χ0n) is 16.4. The Labute approximate surface area is 175 Å². The van der Waals surface area contributed by atoms with Crippen molar-refractivity contribution in [1.29, 1.82) is 0 Å². The molecule has 4 heteroatoms. The number of fused-ring (bicyclic) bond motifs is 7. The number of hydrogen-bond acceptors (Lipinski definition) is 2. The smallest absolute Gasteiger partial charge is 0.0903 e. The lowest BCUT2D eigenvalue weighted by Crippen LogP contribution is -2.29. The lowest BCUT2D eigenvalue weighted by atomic mass is 9.79. The number of aryl methyl sites for hydroxylation is 1. The number of aromatic nitrogens is 1. The Morgan fingerprint density at radius 3 is 2.83 bits per heavy atom. The van der Waals surface area contributed by atoms with Gasteiger partial charge in [-0.3, -0.25) is 0 Å².